The fourth-order valence-corrected chi connectivity index (χ4v) is 3.62. The number of aliphatic hydroxyl groups excluding tert-OH is 1. The molecule has 1 aliphatic carbocycles. The molecule has 154 valence electrons. The lowest BCUT2D eigenvalue weighted by Crippen LogP contribution is -2.41. The smallest absolute Gasteiger partial charge is 0.191 e. The van der Waals surface area contributed by atoms with Crippen molar-refractivity contribution in [3.05, 3.63) is 53.3 Å². The van der Waals surface area contributed by atoms with Crippen molar-refractivity contribution in [2.45, 2.75) is 38.3 Å². The Labute approximate surface area is 188 Å². The third-order valence-electron chi connectivity index (χ3n) is 5.02. The third kappa shape index (κ3) is 6.35. The number of aliphatic hydroxyl groups is 1. The van der Waals surface area contributed by atoms with Crippen LogP contribution in [0.25, 0.3) is 0 Å². The molecule has 3 atom stereocenters. The quantitative estimate of drug-likeness (QED) is 0.299. The average molecular weight is 518 g/mol. The van der Waals surface area contributed by atoms with Crippen LogP contribution in [-0.4, -0.2) is 46.6 Å². The molecule has 3 unspecified atom stereocenters. The topological polar surface area (TPSA) is 74.5 Å². The summed E-state index contributed by atoms with van der Waals surface area (Å²) in [5, 5.41) is 21.8. The monoisotopic (exact) mass is 517 g/mol. The SMILES string of the molecule is CCNC(=NCC(c1ccc(Cl)cc1)n1cccn1)NCC1CCCC1O.I. The minimum Gasteiger partial charge on any atom is -0.393 e. The van der Waals surface area contributed by atoms with Crippen molar-refractivity contribution in [1.82, 2.24) is 20.4 Å². The van der Waals surface area contributed by atoms with Gasteiger partial charge < -0.3 is 15.7 Å². The highest BCUT2D eigenvalue weighted by atomic mass is 127. The van der Waals surface area contributed by atoms with Gasteiger partial charge in [-0.05, 0) is 43.5 Å². The predicted octanol–water partition coefficient (Wildman–Crippen LogP) is 3.46. The summed E-state index contributed by atoms with van der Waals surface area (Å²) in [5.41, 5.74) is 1.11. The van der Waals surface area contributed by atoms with E-state index < -0.39 is 0 Å². The molecule has 2 aromatic rings. The van der Waals surface area contributed by atoms with E-state index in [2.05, 4.69) is 15.7 Å². The molecule has 1 saturated carbocycles. The van der Waals surface area contributed by atoms with Crippen LogP contribution in [0.5, 0.6) is 0 Å². The maximum atomic E-state index is 10.0. The van der Waals surface area contributed by atoms with Crippen LogP contribution in [0.2, 0.25) is 5.02 Å². The summed E-state index contributed by atoms with van der Waals surface area (Å²) in [6.45, 7) is 4.12. The van der Waals surface area contributed by atoms with Gasteiger partial charge in [-0.2, -0.15) is 5.10 Å². The number of nitrogens with one attached hydrogen (secondary N) is 2. The molecule has 3 N–H and O–H groups in total. The highest BCUT2D eigenvalue weighted by Gasteiger charge is 2.25. The van der Waals surface area contributed by atoms with Gasteiger partial charge in [-0.3, -0.25) is 9.67 Å². The van der Waals surface area contributed by atoms with Gasteiger partial charge in [-0.15, -0.1) is 24.0 Å². The van der Waals surface area contributed by atoms with Crippen LogP contribution in [0.3, 0.4) is 0 Å². The Morgan fingerprint density at radius 3 is 2.71 bits per heavy atom. The summed E-state index contributed by atoms with van der Waals surface area (Å²) in [4.78, 5) is 4.77. The number of rotatable bonds is 7. The van der Waals surface area contributed by atoms with E-state index in [1.807, 2.05) is 48.1 Å². The molecule has 1 aromatic carbocycles. The van der Waals surface area contributed by atoms with Gasteiger partial charge in [0.25, 0.3) is 0 Å². The van der Waals surface area contributed by atoms with E-state index in [0.29, 0.717) is 17.5 Å². The lowest BCUT2D eigenvalue weighted by Gasteiger charge is -2.20. The van der Waals surface area contributed by atoms with Crippen molar-refractivity contribution in [3.63, 3.8) is 0 Å². The van der Waals surface area contributed by atoms with Gasteiger partial charge in [-0.1, -0.05) is 30.2 Å². The summed E-state index contributed by atoms with van der Waals surface area (Å²) in [6, 6.07) is 9.71. The van der Waals surface area contributed by atoms with Crippen LogP contribution in [0, 0.1) is 5.92 Å². The Kier molecular flexibility index (Phi) is 9.53. The second-order valence-corrected chi connectivity index (χ2v) is 7.35. The Bertz CT molecular complexity index is 723. The first-order chi connectivity index (χ1) is 13.2. The van der Waals surface area contributed by atoms with Crippen molar-refractivity contribution in [2.75, 3.05) is 19.6 Å². The number of benzene rings is 1. The average Bonchev–Trinajstić information content (AvgIpc) is 3.33. The number of nitrogens with zero attached hydrogens (tertiary/aromatic N) is 3. The van der Waals surface area contributed by atoms with Crippen molar-refractivity contribution in [1.29, 1.82) is 0 Å². The first-order valence-electron chi connectivity index (χ1n) is 9.62. The molecule has 0 spiro atoms. The predicted molar refractivity (Wildman–Crippen MR) is 125 cm³/mol. The molecule has 0 saturated heterocycles. The molecule has 1 heterocycles. The van der Waals surface area contributed by atoms with Gasteiger partial charge in [0.05, 0.1) is 18.7 Å². The lowest BCUT2D eigenvalue weighted by atomic mass is 10.1. The van der Waals surface area contributed by atoms with E-state index in [-0.39, 0.29) is 36.1 Å². The van der Waals surface area contributed by atoms with Gasteiger partial charge >= 0.3 is 0 Å². The first-order valence-corrected chi connectivity index (χ1v) is 10.00. The van der Waals surface area contributed by atoms with E-state index in [0.717, 1.165) is 43.9 Å². The number of aliphatic imine (C=N–C) groups is 1. The Morgan fingerprint density at radius 1 is 1.32 bits per heavy atom. The fraction of sp³-hybridized carbons (Fsp3) is 0.500. The molecule has 28 heavy (non-hydrogen) atoms. The molecular formula is C20H29ClIN5O. The minimum absolute atomic E-state index is 0. The Hall–Kier alpha value is -1.32. The van der Waals surface area contributed by atoms with Crippen molar-refractivity contribution in [3.8, 4) is 0 Å². The standard InChI is InChI=1S/C20H28ClN5O.HI/c1-2-22-20(23-13-16-5-3-6-19(16)27)24-14-18(26-12-4-11-25-26)15-7-9-17(21)10-8-15;/h4,7-12,16,18-19,27H,2-3,5-6,13-14H2,1H3,(H2,22,23,24);1H. The van der Waals surface area contributed by atoms with Crippen LogP contribution >= 0.6 is 35.6 Å². The van der Waals surface area contributed by atoms with Gasteiger partial charge in [0.2, 0.25) is 0 Å². The molecule has 1 aliphatic rings. The van der Waals surface area contributed by atoms with E-state index >= 15 is 0 Å². The number of hydrogen-bond acceptors (Lipinski definition) is 3. The lowest BCUT2D eigenvalue weighted by molar-refractivity contribution is 0.134. The second-order valence-electron chi connectivity index (χ2n) is 6.91. The van der Waals surface area contributed by atoms with Crippen molar-refractivity contribution in [2.24, 2.45) is 10.9 Å². The largest absolute Gasteiger partial charge is 0.393 e. The van der Waals surface area contributed by atoms with Crippen molar-refractivity contribution < 1.29 is 5.11 Å². The maximum Gasteiger partial charge on any atom is 0.191 e. The normalized spacial score (nSPS) is 20.5. The number of guanidine groups is 1. The maximum absolute atomic E-state index is 10.0. The number of halogens is 2. The van der Waals surface area contributed by atoms with Crippen LogP contribution in [0.4, 0.5) is 0 Å². The van der Waals surface area contributed by atoms with E-state index in [1.165, 1.54) is 0 Å². The molecule has 1 aromatic heterocycles. The van der Waals surface area contributed by atoms with Crippen LogP contribution in [0.1, 0.15) is 37.8 Å². The highest BCUT2D eigenvalue weighted by Crippen LogP contribution is 2.24. The second kappa shape index (κ2) is 11.6. The van der Waals surface area contributed by atoms with Gasteiger partial charge in [0.15, 0.2) is 5.96 Å². The zero-order chi connectivity index (χ0) is 19.1. The van der Waals surface area contributed by atoms with Gasteiger partial charge in [0.1, 0.15) is 0 Å². The molecular weight excluding hydrogens is 489 g/mol. The molecule has 6 nitrogen and oxygen atoms in total. The van der Waals surface area contributed by atoms with Gasteiger partial charge in [-0.25, -0.2) is 0 Å². The molecule has 0 amide bonds. The van der Waals surface area contributed by atoms with Crippen LogP contribution < -0.4 is 10.6 Å². The molecule has 0 radical (unpaired) electrons. The molecule has 0 bridgehead atoms. The summed E-state index contributed by atoms with van der Waals surface area (Å²) < 4.78 is 1.91. The molecule has 3 rings (SSSR count). The number of hydrogen-bond donors (Lipinski definition) is 3. The Balaban J connectivity index is 0.00000280. The summed E-state index contributed by atoms with van der Waals surface area (Å²) in [5.74, 6) is 1.06. The summed E-state index contributed by atoms with van der Waals surface area (Å²) in [7, 11) is 0. The number of aromatic nitrogens is 2. The molecule has 1 fully saturated rings. The van der Waals surface area contributed by atoms with Crippen molar-refractivity contribution >= 4 is 41.5 Å². The Morgan fingerprint density at radius 2 is 2.11 bits per heavy atom. The zero-order valence-corrected chi connectivity index (χ0v) is 19.2. The van der Waals surface area contributed by atoms with Gasteiger partial charge in [0, 0.05) is 36.4 Å². The zero-order valence-electron chi connectivity index (χ0n) is 16.1. The molecule has 8 heteroatoms. The van der Waals surface area contributed by atoms with Crippen LogP contribution in [-0.2, 0) is 0 Å². The molecule has 0 aliphatic heterocycles. The van der Waals surface area contributed by atoms with E-state index in [1.54, 1.807) is 6.20 Å². The third-order valence-corrected chi connectivity index (χ3v) is 5.27. The summed E-state index contributed by atoms with van der Waals surface area (Å²) in [6.07, 6.45) is 6.58. The summed E-state index contributed by atoms with van der Waals surface area (Å²) >= 11 is 6.03. The fourth-order valence-electron chi connectivity index (χ4n) is 3.49. The van der Waals surface area contributed by atoms with E-state index in [4.69, 9.17) is 16.6 Å². The van der Waals surface area contributed by atoms with E-state index in [9.17, 15) is 5.11 Å². The van der Waals surface area contributed by atoms with Crippen LogP contribution in [0.15, 0.2) is 47.7 Å². The first kappa shape index (κ1) is 23.0. The minimum atomic E-state index is -0.203. The highest BCUT2D eigenvalue weighted by molar-refractivity contribution is 14.0.